The van der Waals surface area contributed by atoms with Crippen LogP contribution in [0.5, 0.6) is 0 Å². The summed E-state index contributed by atoms with van der Waals surface area (Å²) in [6, 6.07) is 11.2. The van der Waals surface area contributed by atoms with Crippen LogP contribution in [0.3, 0.4) is 0 Å². The highest BCUT2D eigenvalue weighted by Crippen LogP contribution is 2.34. The Morgan fingerprint density at radius 3 is 2.88 bits per heavy atom. The van der Waals surface area contributed by atoms with Gasteiger partial charge in [0.2, 0.25) is 0 Å². The van der Waals surface area contributed by atoms with Crippen LogP contribution in [-0.4, -0.2) is 20.4 Å². The third-order valence-electron chi connectivity index (χ3n) is 4.59. The molecule has 3 aromatic heterocycles. The number of pyridine rings is 1. The van der Waals surface area contributed by atoms with Crippen LogP contribution in [0.1, 0.15) is 25.8 Å². The molecule has 1 atom stereocenters. The number of hydrogen-bond donors (Lipinski definition) is 1. The molecule has 26 heavy (non-hydrogen) atoms. The van der Waals surface area contributed by atoms with E-state index < -0.39 is 0 Å². The molecule has 0 bridgehead atoms. The van der Waals surface area contributed by atoms with Gasteiger partial charge in [0.1, 0.15) is 5.65 Å². The minimum Gasteiger partial charge on any atom is -0.359 e. The first-order valence-electron chi connectivity index (χ1n) is 8.90. The Labute approximate surface area is 157 Å². The molecule has 5 heteroatoms. The first-order valence-corrected chi connectivity index (χ1v) is 9.72. The molecule has 0 unspecified atom stereocenters. The molecule has 0 aliphatic heterocycles. The molecule has 0 spiro atoms. The van der Waals surface area contributed by atoms with E-state index in [0.29, 0.717) is 6.04 Å². The Morgan fingerprint density at radius 1 is 1.19 bits per heavy atom. The van der Waals surface area contributed by atoms with E-state index in [9.17, 15) is 0 Å². The number of rotatable bonds is 5. The van der Waals surface area contributed by atoms with Gasteiger partial charge in [-0.05, 0) is 31.9 Å². The van der Waals surface area contributed by atoms with Gasteiger partial charge in [0.05, 0.1) is 4.88 Å². The van der Waals surface area contributed by atoms with Crippen LogP contribution in [0.25, 0.3) is 27.2 Å². The summed E-state index contributed by atoms with van der Waals surface area (Å²) in [6.07, 6.45) is 9.00. The van der Waals surface area contributed by atoms with Gasteiger partial charge in [0.15, 0.2) is 5.13 Å². The van der Waals surface area contributed by atoms with E-state index in [0.717, 1.165) is 33.2 Å². The Balaban J connectivity index is 1.79. The van der Waals surface area contributed by atoms with Crippen LogP contribution < -0.4 is 5.32 Å². The van der Waals surface area contributed by atoms with Crippen molar-refractivity contribution in [3.05, 3.63) is 60.7 Å². The molecule has 4 aromatic rings. The molecule has 1 aromatic carbocycles. The summed E-state index contributed by atoms with van der Waals surface area (Å²) in [5.41, 5.74) is 5.70. The number of nitrogens with one attached hydrogen (secondary N) is 1. The summed E-state index contributed by atoms with van der Waals surface area (Å²) < 4.78 is 2.09. The topological polar surface area (TPSA) is 42.2 Å². The van der Waals surface area contributed by atoms with E-state index in [1.54, 1.807) is 11.3 Å². The molecule has 0 saturated heterocycles. The average Bonchev–Trinajstić information content (AvgIpc) is 3.29. The lowest BCUT2D eigenvalue weighted by Crippen LogP contribution is -2.12. The molecule has 0 fully saturated rings. The zero-order valence-corrected chi connectivity index (χ0v) is 16.0. The van der Waals surface area contributed by atoms with Crippen molar-refractivity contribution < 1.29 is 0 Å². The number of fused-ring (bicyclic) bond motifs is 1. The smallest absolute Gasteiger partial charge is 0.183 e. The largest absolute Gasteiger partial charge is 0.359 e. The van der Waals surface area contributed by atoms with Gasteiger partial charge < -0.3 is 9.72 Å². The number of anilines is 1. The van der Waals surface area contributed by atoms with Crippen molar-refractivity contribution in [3.63, 3.8) is 0 Å². The summed E-state index contributed by atoms with van der Waals surface area (Å²) in [7, 11) is 0. The highest BCUT2D eigenvalue weighted by atomic mass is 32.1. The third-order valence-corrected chi connectivity index (χ3v) is 5.57. The van der Waals surface area contributed by atoms with Gasteiger partial charge in [0, 0.05) is 42.0 Å². The molecule has 3 heterocycles. The minimum absolute atomic E-state index is 0.424. The third kappa shape index (κ3) is 3.22. The fraction of sp³-hybridized carbons (Fsp3) is 0.238. The highest BCUT2D eigenvalue weighted by Gasteiger charge is 2.12. The van der Waals surface area contributed by atoms with Gasteiger partial charge >= 0.3 is 0 Å². The van der Waals surface area contributed by atoms with Gasteiger partial charge in [0.25, 0.3) is 0 Å². The van der Waals surface area contributed by atoms with E-state index in [1.165, 1.54) is 11.1 Å². The molecule has 0 aliphatic rings. The normalized spacial score (nSPS) is 12.4. The van der Waals surface area contributed by atoms with Crippen LogP contribution in [0, 0.1) is 6.92 Å². The van der Waals surface area contributed by atoms with Crippen molar-refractivity contribution in [2.24, 2.45) is 0 Å². The SMILES string of the molecule is CC[C@@H](C)Nc1ncc(-c2cc(-c3cccc(C)c3)c3nccn3c2)s1. The molecule has 0 saturated carbocycles. The number of aryl methyl sites for hydroxylation is 1. The summed E-state index contributed by atoms with van der Waals surface area (Å²) in [5.74, 6) is 0. The predicted octanol–water partition coefficient (Wildman–Crippen LogP) is 5.64. The molecule has 0 aliphatic carbocycles. The number of aromatic nitrogens is 3. The fourth-order valence-corrected chi connectivity index (χ4v) is 3.89. The van der Waals surface area contributed by atoms with E-state index in [4.69, 9.17) is 0 Å². The summed E-state index contributed by atoms with van der Waals surface area (Å²) in [5, 5.41) is 4.43. The summed E-state index contributed by atoms with van der Waals surface area (Å²) in [4.78, 5) is 10.3. The maximum Gasteiger partial charge on any atom is 0.183 e. The van der Waals surface area contributed by atoms with Gasteiger partial charge in [-0.15, -0.1) is 0 Å². The lowest BCUT2D eigenvalue weighted by atomic mass is 10.0. The second-order valence-electron chi connectivity index (χ2n) is 6.65. The van der Waals surface area contributed by atoms with Crippen molar-refractivity contribution in [3.8, 4) is 21.6 Å². The van der Waals surface area contributed by atoms with Crippen molar-refractivity contribution in [2.75, 3.05) is 5.32 Å². The van der Waals surface area contributed by atoms with Crippen LogP contribution in [0.4, 0.5) is 5.13 Å². The summed E-state index contributed by atoms with van der Waals surface area (Å²) >= 11 is 1.69. The Morgan fingerprint density at radius 2 is 2.08 bits per heavy atom. The van der Waals surface area contributed by atoms with E-state index >= 15 is 0 Å². The maximum atomic E-state index is 4.55. The minimum atomic E-state index is 0.424. The predicted molar refractivity (Wildman–Crippen MR) is 110 cm³/mol. The average molecular weight is 363 g/mol. The molecule has 4 nitrogen and oxygen atoms in total. The molecule has 4 rings (SSSR count). The summed E-state index contributed by atoms with van der Waals surface area (Å²) in [6.45, 7) is 6.47. The maximum absolute atomic E-state index is 4.55. The number of nitrogens with zero attached hydrogens (tertiary/aromatic N) is 3. The lowest BCUT2D eigenvalue weighted by Gasteiger charge is -2.09. The van der Waals surface area contributed by atoms with Gasteiger partial charge in [-0.1, -0.05) is 48.1 Å². The highest BCUT2D eigenvalue weighted by molar-refractivity contribution is 7.18. The first kappa shape index (κ1) is 16.8. The number of imidazole rings is 1. The Hall–Kier alpha value is -2.66. The Kier molecular flexibility index (Phi) is 4.47. The quantitative estimate of drug-likeness (QED) is 0.499. The van der Waals surface area contributed by atoms with Crippen molar-refractivity contribution in [2.45, 2.75) is 33.2 Å². The molecular weight excluding hydrogens is 340 g/mol. The number of thiazole rings is 1. The molecule has 0 radical (unpaired) electrons. The zero-order valence-electron chi connectivity index (χ0n) is 15.2. The van der Waals surface area contributed by atoms with Crippen molar-refractivity contribution >= 4 is 22.1 Å². The van der Waals surface area contributed by atoms with Crippen LogP contribution in [0.15, 0.2) is 55.1 Å². The molecule has 132 valence electrons. The molecule has 0 amide bonds. The standard InChI is InChI=1S/C21H22N4S/c1-4-15(3)24-21-23-12-19(26-21)17-11-18(16-7-5-6-14(2)10-16)20-22-8-9-25(20)13-17/h5-13,15H,4H2,1-3H3,(H,23,24)/t15-/m1/s1. The van der Waals surface area contributed by atoms with E-state index in [-0.39, 0.29) is 0 Å². The second-order valence-corrected chi connectivity index (χ2v) is 7.68. The van der Waals surface area contributed by atoms with Crippen LogP contribution in [-0.2, 0) is 0 Å². The van der Waals surface area contributed by atoms with Crippen LogP contribution in [0.2, 0.25) is 0 Å². The number of hydrogen-bond acceptors (Lipinski definition) is 4. The first-order chi connectivity index (χ1) is 12.6. The molecule has 1 N–H and O–H groups in total. The Bertz CT molecular complexity index is 1050. The van der Waals surface area contributed by atoms with E-state index in [2.05, 4.69) is 77.0 Å². The second kappa shape index (κ2) is 6.92. The van der Waals surface area contributed by atoms with Gasteiger partial charge in [-0.3, -0.25) is 0 Å². The van der Waals surface area contributed by atoms with Crippen molar-refractivity contribution in [1.82, 2.24) is 14.4 Å². The van der Waals surface area contributed by atoms with Gasteiger partial charge in [-0.25, -0.2) is 9.97 Å². The van der Waals surface area contributed by atoms with Crippen molar-refractivity contribution in [1.29, 1.82) is 0 Å². The monoisotopic (exact) mass is 362 g/mol. The number of benzene rings is 1. The van der Waals surface area contributed by atoms with Crippen LogP contribution >= 0.6 is 11.3 Å². The molecular formula is C21H22N4S. The van der Waals surface area contributed by atoms with E-state index in [1.807, 2.05) is 18.6 Å². The van der Waals surface area contributed by atoms with Gasteiger partial charge in [-0.2, -0.15) is 0 Å². The fourth-order valence-electron chi connectivity index (χ4n) is 2.98. The lowest BCUT2D eigenvalue weighted by molar-refractivity contribution is 0.763. The zero-order chi connectivity index (χ0) is 18.1.